The van der Waals surface area contributed by atoms with E-state index in [9.17, 15) is 27.6 Å². The second-order valence-electron chi connectivity index (χ2n) is 3.68. The van der Waals surface area contributed by atoms with Crippen LogP contribution in [0.25, 0.3) is 0 Å². The van der Waals surface area contributed by atoms with Gasteiger partial charge < -0.3 is 20.2 Å². The number of likely N-dealkylation sites (N-methyl/N-ethyl adjacent to an activating group) is 2. The fraction of sp³-hybridized carbons (Fsp3) is 0.667. The predicted molar refractivity (Wildman–Crippen MR) is 57.4 cm³/mol. The van der Waals surface area contributed by atoms with Gasteiger partial charge >= 0.3 is 18.2 Å². The molecule has 0 rings (SSSR count). The topological polar surface area (TPSA) is 90.0 Å². The fourth-order valence-electron chi connectivity index (χ4n) is 1.17. The number of nitrogens with one attached hydrogen (secondary N) is 1. The first-order valence-corrected chi connectivity index (χ1v) is 5.06. The lowest BCUT2D eigenvalue weighted by atomic mass is 10.4. The number of halogens is 3. The van der Waals surface area contributed by atoms with Gasteiger partial charge in [0.1, 0.15) is 19.6 Å². The number of carbonyl (C=O) groups excluding carboxylic acids is 2. The molecule has 0 saturated carbocycles. The minimum absolute atomic E-state index is 0.102. The third kappa shape index (κ3) is 7.11. The maximum atomic E-state index is 12.2. The average molecular weight is 285 g/mol. The Morgan fingerprint density at radius 1 is 1.21 bits per heavy atom. The highest BCUT2D eigenvalue weighted by Crippen LogP contribution is 2.17. The first-order chi connectivity index (χ1) is 8.56. The van der Waals surface area contributed by atoms with Gasteiger partial charge in [-0.3, -0.25) is 9.59 Å². The van der Waals surface area contributed by atoms with Crippen molar-refractivity contribution in [2.75, 3.05) is 33.7 Å². The molecule has 0 atom stereocenters. The first kappa shape index (κ1) is 17.0. The Kier molecular flexibility index (Phi) is 6.09. The van der Waals surface area contributed by atoms with E-state index in [-0.39, 0.29) is 4.90 Å². The van der Waals surface area contributed by atoms with Crippen LogP contribution < -0.4 is 5.32 Å². The van der Waals surface area contributed by atoms with Gasteiger partial charge in [0.25, 0.3) is 0 Å². The van der Waals surface area contributed by atoms with Crippen molar-refractivity contribution in [3.63, 3.8) is 0 Å². The molecule has 0 radical (unpaired) electrons. The Bertz CT molecular complexity index is 359. The first-order valence-electron chi connectivity index (χ1n) is 5.06. The normalized spacial score (nSPS) is 10.8. The zero-order valence-corrected chi connectivity index (χ0v) is 10.3. The molecule has 10 heteroatoms. The Morgan fingerprint density at radius 3 is 2.11 bits per heavy atom. The van der Waals surface area contributed by atoms with Gasteiger partial charge in [0.15, 0.2) is 0 Å². The van der Waals surface area contributed by atoms with Gasteiger partial charge in [-0.25, -0.2) is 4.79 Å². The summed E-state index contributed by atoms with van der Waals surface area (Å²) in [5.74, 6) is -2.16. The van der Waals surface area contributed by atoms with Crippen LogP contribution in [0.4, 0.5) is 18.0 Å². The summed E-state index contributed by atoms with van der Waals surface area (Å²) in [7, 11) is 2.40. The number of carbonyl (C=O) groups is 3. The molecule has 0 spiro atoms. The molecule has 0 fully saturated rings. The van der Waals surface area contributed by atoms with Crippen molar-refractivity contribution in [1.82, 2.24) is 15.1 Å². The van der Waals surface area contributed by atoms with Crippen LogP contribution in [0.1, 0.15) is 0 Å². The third-order valence-corrected chi connectivity index (χ3v) is 1.95. The van der Waals surface area contributed by atoms with Gasteiger partial charge in [-0.05, 0) is 0 Å². The Hall–Kier alpha value is -2.00. The molecule has 0 aromatic rings. The maximum Gasteiger partial charge on any atom is 0.406 e. The Labute approximate surface area is 107 Å². The highest BCUT2D eigenvalue weighted by atomic mass is 19.4. The molecular weight excluding hydrogens is 271 g/mol. The highest BCUT2D eigenvalue weighted by Gasteiger charge is 2.35. The summed E-state index contributed by atoms with van der Waals surface area (Å²) in [6.07, 6.45) is -4.72. The summed E-state index contributed by atoms with van der Waals surface area (Å²) in [4.78, 5) is 33.9. The number of nitrogens with zero attached hydrogens (tertiary/aromatic N) is 2. The smallest absolute Gasteiger partial charge is 0.406 e. The molecular formula is C9H14F3N3O4. The third-order valence-electron chi connectivity index (χ3n) is 1.95. The molecule has 0 aromatic carbocycles. The lowest BCUT2D eigenvalue weighted by Gasteiger charge is -2.27. The lowest BCUT2D eigenvalue weighted by molar-refractivity contribution is -0.149. The zero-order chi connectivity index (χ0) is 15.2. The van der Waals surface area contributed by atoms with Crippen molar-refractivity contribution >= 4 is 17.9 Å². The molecule has 0 aliphatic rings. The fourth-order valence-corrected chi connectivity index (χ4v) is 1.17. The van der Waals surface area contributed by atoms with E-state index in [4.69, 9.17) is 5.11 Å². The van der Waals surface area contributed by atoms with E-state index in [1.165, 1.54) is 7.05 Å². The van der Waals surface area contributed by atoms with Crippen LogP contribution in [0.15, 0.2) is 0 Å². The van der Waals surface area contributed by atoms with Crippen LogP contribution in [0.3, 0.4) is 0 Å². The van der Waals surface area contributed by atoms with Crippen LogP contribution in [0.2, 0.25) is 0 Å². The number of hydrogen-bond donors (Lipinski definition) is 2. The molecule has 0 aromatic heterocycles. The van der Waals surface area contributed by atoms with Crippen LogP contribution in [-0.4, -0.2) is 72.7 Å². The second kappa shape index (κ2) is 6.81. The minimum atomic E-state index is -4.72. The largest absolute Gasteiger partial charge is 0.480 e. The van der Waals surface area contributed by atoms with Crippen LogP contribution in [0.5, 0.6) is 0 Å². The van der Waals surface area contributed by atoms with Gasteiger partial charge in [-0.15, -0.1) is 0 Å². The number of hydrogen-bond acceptors (Lipinski definition) is 3. The number of carboxylic acid groups (broad SMARTS) is 1. The maximum absolute atomic E-state index is 12.2. The van der Waals surface area contributed by atoms with Crippen molar-refractivity contribution in [3.8, 4) is 0 Å². The van der Waals surface area contributed by atoms with Crippen molar-refractivity contribution < 1.29 is 32.7 Å². The van der Waals surface area contributed by atoms with E-state index in [0.29, 0.717) is 4.90 Å². The van der Waals surface area contributed by atoms with Crippen molar-refractivity contribution in [3.05, 3.63) is 0 Å². The van der Waals surface area contributed by atoms with Gasteiger partial charge in [0.2, 0.25) is 5.91 Å². The van der Waals surface area contributed by atoms with Crippen molar-refractivity contribution in [1.29, 1.82) is 0 Å². The molecule has 0 heterocycles. The summed E-state index contributed by atoms with van der Waals surface area (Å²) in [5, 5.41) is 10.7. The summed E-state index contributed by atoms with van der Waals surface area (Å²) in [5.41, 5.74) is 0. The SMILES string of the molecule is CNC(=O)CN(C)C(=O)N(CC(=O)O)CC(F)(F)F. The highest BCUT2D eigenvalue weighted by molar-refractivity contribution is 5.85. The summed E-state index contributed by atoms with van der Waals surface area (Å²) in [6, 6.07) is -1.19. The van der Waals surface area contributed by atoms with E-state index >= 15 is 0 Å². The lowest BCUT2D eigenvalue weighted by Crippen LogP contribution is -2.49. The van der Waals surface area contributed by atoms with Gasteiger partial charge in [0.05, 0.1) is 0 Å². The Morgan fingerprint density at radius 2 is 1.74 bits per heavy atom. The van der Waals surface area contributed by atoms with E-state index < -0.39 is 43.7 Å². The number of amides is 3. The van der Waals surface area contributed by atoms with E-state index in [1.807, 2.05) is 0 Å². The summed E-state index contributed by atoms with van der Waals surface area (Å²) < 4.78 is 36.7. The molecule has 3 amide bonds. The quantitative estimate of drug-likeness (QED) is 0.728. The summed E-state index contributed by atoms with van der Waals surface area (Å²) in [6.45, 7) is -3.27. The van der Waals surface area contributed by atoms with E-state index in [1.54, 1.807) is 0 Å². The molecule has 7 nitrogen and oxygen atoms in total. The number of carboxylic acids is 1. The molecule has 0 aliphatic carbocycles. The Balaban J connectivity index is 4.79. The van der Waals surface area contributed by atoms with Gasteiger partial charge in [-0.2, -0.15) is 13.2 Å². The molecule has 0 saturated heterocycles. The van der Waals surface area contributed by atoms with Crippen LogP contribution in [0, 0.1) is 0 Å². The predicted octanol–water partition coefficient (Wildman–Crippen LogP) is -0.267. The van der Waals surface area contributed by atoms with Crippen LogP contribution >= 0.6 is 0 Å². The zero-order valence-electron chi connectivity index (χ0n) is 10.3. The van der Waals surface area contributed by atoms with Gasteiger partial charge in [-0.1, -0.05) is 0 Å². The molecule has 110 valence electrons. The van der Waals surface area contributed by atoms with E-state index in [0.717, 1.165) is 7.05 Å². The summed E-state index contributed by atoms with van der Waals surface area (Å²) >= 11 is 0. The van der Waals surface area contributed by atoms with Crippen molar-refractivity contribution in [2.45, 2.75) is 6.18 Å². The number of aliphatic carboxylic acids is 1. The number of urea groups is 1. The van der Waals surface area contributed by atoms with E-state index in [2.05, 4.69) is 5.32 Å². The average Bonchev–Trinajstić information content (AvgIpc) is 2.24. The second-order valence-corrected chi connectivity index (χ2v) is 3.68. The molecule has 0 aliphatic heterocycles. The monoisotopic (exact) mass is 285 g/mol. The van der Waals surface area contributed by atoms with Crippen LogP contribution in [-0.2, 0) is 9.59 Å². The molecule has 2 N–H and O–H groups in total. The number of alkyl halides is 3. The minimum Gasteiger partial charge on any atom is -0.480 e. The molecule has 0 bridgehead atoms. The number of rotatable bonds is 5. The molecule has 0 unspecified atom stereocenters. The molecule has 19 heavy (non-hydrogen) atoms. The van der Waals surface area contributed by atoms with Gasteiger partial charge in [0, 0.05) is 14.1 Å². The standard InChI is InChI=1S/C9H14F3N3O4/c1-13-6(16)3-14(2)8(19)15(4-7(17)18)5-9(10,11)12/h3-5H2,1-2H3,(H,13,16)(H,17,18). The van der Waals surface area contributed by atoms with Crippen molar-refractivity contribution in [2.24, 2.45) is 0 Å².